The molecule has 0 N–H and O–H groups in total. The Morgan fingerprint density at radius 2 is 1.83 bits per heavy atom. The van der Waals surface area contributed by atoms with Crippen LogP contribution in [0.15, 0.2) is 0 Å². The molecule has 0 amide bonds. The first kappa shape index (κ1) is 13.5. The van der Waals surface area contributed by atoms with E-state index in [2.05, 4.69) is 59.2 Å². The van der Waals surface area contributed by atoms with Crippen molar-refractivity contribution in [2.45, 2.75) is 45.3 Å². The minimum atomic E-state index is -0.0697. The largest absolute Gasteiger partial charge is 0.240 e. The first-order chi connectivity index (χ1) is 5.12. The Hall–Kier alpha value is 1.51. The molecule has 0 nitrogen and oxygen atoms in total. The van der Waals surface area contributed by atoms with Crippen molar-refractivity contribution >= 4 is 47.4 Å². The van der Waals surface area contributed by atoms with Gasteiger partial charge in [0.2, 0.25) is 4.29 Å². The molecule has 0 radical (unpaired) electrons. The molecule has 0 fully saturated rings. The molecule has 0 aliphatic rings. The maximum atomic E-state index is 6.19. The van der Waals surface area contributed by atoms with E-state index in [9.17, 15) is 0 Å². The molecule has 0 aliphatic carbocycles. The summed E-state index contributed by atoms with van der Waals surface area (Å²) in [6, 6.07) is 0. The summed E-state index contributed by atoms with van der Waals surface area (Å²) in [6.07, 6.45) is 2.27. The topological polar surface area (TPSA) is 0 Å². The van der Waals surface area contributed by atoms with Gasteiger partial charge in [0, 0.05) is 6.30 Å². The average molecular weight is 320 g/mol. The van der Waals surface area contributed by atoms with Crippen LogP contribution in [0.25, 0.3) is 0 Å². The third-order valence-corrected chi connectivity index (χ3v) is 2.46. The van der Waals surface area contributed by atoms with Crippen LogP contribution in [0.4, 0.5) is 0 Å². The summed E-state index contributed by atoms with van der Waals surface area (Å²) in [7, 11) is 2.83. The third kappa shape index (κ3) is 8.13. The van der Waals surface area contributed by atoms with Crippen molar-refractivity contribution in [1.82, 2.24) is 0 Å². The lowest BCUT2D eigenvalue weighted by atomic mass is 9.73. The Labute approximate surface area is 99.2 Å². The summed E-state index contributed by atoms with van der Waals surface area (Å²) in [6.45, 7) is 8.74. The number of halogens is 2. The molecule has 1 atom stereocenters. The lowest BCUT2D eigenvalue weighted by molar-refractivity contribution is 0.335. The van der Waals surface area contributed by atoms with Gasteiger partial charge in [-0.1, -0.05) is 20.2 Å². The van der Waals surface area contributed by atoms with Crippen molar-refractivity contribution in [3.8, 4) is 0 Å². The van der Waals surface area contributed by atoms with Crippen molar-refractivity contribution < 1.29 is 1.43 Å². The van der Waals surface area contributed by atoms with Gasteiger partial charge in [-0.2, -0.15) is 9.12 Å². The Balaban J connectivity index is 0. The molecule has 0 aliphatic heterocycles. The molecule has 0 saturated carbocycles. The second kappa shape index (κ2) is 4.84. The zero-order valence-corrected chi connectivity index (χ0v) is 12.4. The quantitative estimate of drug-likeness (QED) is 0.310. The van der Waals surface area contributed by atoms with Gasteiger partial charge in [-0.15, -0.1) is 34.0 Å². The zero-order valence-electron chi connectivity index (χ0n) is 8.32. The van der Waals surface area contributed by atoms with Crippen molar-refractivity contribution in [2.24, 2.45) is 5.41 Å². The highest BCUT2D eigenvalue weighted by molar-refractivity contribution is 14.1. The van der Waals surface area contributed by atoms with E-state index in [-0.39, 0.29) is 6.30 Å². The molecule has 0 saturated heterocycles. The molecule has 0 bridgehead atoms. The van der Waals surface area contributed by atoms with Gasteiger partial charge >= 0.3 is 0 Å². The third-order valence-electron chi connectivity index (χ3n) is 1.65. The standard InChI is InChI=1S/C8H18BClIP.H2/c1-7(2,6-9(11)12)5-8(3,4)10;/h5-6,12H2,1-4H3;1H. The molecular weight excluding hydrogens is 300 g/mol. The minimum absolute atomic E-state index is 0. The highest BCUT2D eigenvalue weighted by atomic mass is 127. The lowest BCUT2D eigenvalue weighted by Crippen LogP contribution is -2.25. The zero-order chi connectivity index (χ0) is 9.99. The minimum Gasteiger partial charge on any atom is -0.159 e. The molecule has 0 heterocycles. The smallest absolute Gasteiger partial charge is 0.159 e. The molecule has 0 rings (SSSR count). The highest BCUT2D eigenvalue weighted by Crippen LogP contribution is 2.37. The fourth-order valence-electron chi connectivity index (χ4n) is 1.74. The second-order valence-electron chi connectivity index (χ2n) is 4.78. The van der Waals surface area contributed by atoms with Crippen LogP contribution in [0.2, 0.25) is 6.32 Å². The van der Waals surface area contributed by atoms with E-state index < -0.39 is 0 Å². The van der Waals surface area contributed by atoms with Gasteiger partial charge in [0.25, 0.3) is 0 Å². The van der Waals surface area contributed by atoms with Gasteiger partial charge in [-0.25, -0.2) is 0 Å². The van der Waals surface area contributed by atoms with E-state index in [4.69, 9.17) is 11.6 Å². The normalized spacial score (nSPS) is 13.2. The average Bonchev–Trinajstić information content (AvgIpc) is 1.48. The summed E-state index contributed by atoms with van der Waals surface area (Å²) in [5.74, 6) is 0. The van der Waals surface area contributed by atoms with Crippen LogP contribution >= 0.6 is 43.1 Å². The van der Waals surface area contributed by atoms with Crippen LogP contribution in [0.5, 0.6) is 0 Å². The van der Waals surface area contributed by atoms with E-state index in [1.54, 1.807) is 0 Å². The van der Waals surface area contributed by atoms with Crippen molar-refractivity contribution in [3.05, 3.63) is 0 Å². The first-order valence-corrected chi connectivity index (χ1v) is 6.50. The summed E-state index contributed by atoms with van der Waals surface area (Å²) in [5, 5.41) is 0. The highest BCUT2D eigenvalue weighted by Gasteiger charge is 2.28. The van der Waals surface area contributed by atoms with Crippen LogP contribution in [-0.4, -0.2) is 9.16 Å². The first-order valence-electron chi connectivity index (χ1n) is 4.21. The van der Waals surface area contributed by atoms with Crippen LogP contribution in [-0.2, 0) is 0 Å². The van der Waals surface area contributed by atoms with Crippen molar-refractivity contribution in [2.75, 3.05) is 0 Å². The molecule has 0 aromatic rings. The summed E-state index contributed by atoms with van der Waals surface area (Å²) >= 11 is 8.63. The number of alkyl halides is 1. The van der Waals surface area contributed by atoms with E-state index in [1.807, 2.05) is 0 Å². The van der Waals surface area contributed by atoms with E-state index >= 15 is 0 Å². The van der Waals surface area contributed by atoms with E-state index in [1.165, 1.54) is 6.32 Å². The molecule has 0 aromatic carbocycles. The maximum Gasteiger partial charge on any atom is 0.240 e. The van der Waals surface area contributed by atoms with Crippen LogP contribution in [0, 0.1) is 5.41 Å². The SMILES string of the molecule is CC(C)(Cl)CC(C)(C)CB(P)I.[HH]. The van der Waals surface area contributed by atoms with Gasteiger partial charge in [0.15, 0.2) is 0 Å². The summed E-state index contributed by atoms with van der Waals surface area (Å²) < 4.78 is 0.650. The Bertz CT molecular complexity index is 148. The second-order valence-corrected chi connectivity index (χ2v) is 9.56. The van der Waals surface area contributed by atoms with E-state index in [0.29, 0.717) is 9.70 Å². The van der Waals surface area contributed by atoms with Crippen LogP contribution in [0.1, 0.15) is 35.5 Å². The summed E-state index contributed by atoms with van der Waals surface area (Å²) in [5.41, 5.74) is 0.346. The van der Waals surface area contributed by atoms with Gasteiger partial charge in [0.05, 0.1) is 0 Å². The number of hydrogen-bond acceptors (Lipinski definition) is 0. The molecule has 0 aromatic heterocycles. The Morgan fingerprint density at radius 1 is 1.42 bits per heavy atom. The fourth-order valence-corrected chi connectivity index (χ4v) is 3.93. The molecule has 0 spiro atoms. The van der Waals surface area contributed by atoms with E-state index in [0.717, 1.165) is 6.42 Å². The molecule has 1 unspecified atom stereocenters. The van der Waals surface area contributed by atoms with Crippen molar-refractivity contribution in [3.63, 3.8) is 0 Å². The van der Waals surface area contributed by atoms with Crippen LogP contribution in [0.3, 0.4) is 0 Å². The monoisotopic (exact) mass is 320 g/mol. The Kier molecular flexibility index (Phi) is 5.45. The van der Waals surface area contributed by atoms with Gasteiger partial charge in [-0.3, -0.25) is 0 Å². The lowest BCUT2D eigenvalue weighted by Gasteiger charge is -2.31. The predicted molar refractivity (Wildman–Crippen MR) is 74.7 cm³/mol. The fraction of sp³-hybridized carbons (Fsp3) is 1.00. The predicted octanol–water partition coefficient (Wildman–Crippen LogP) is 4.46. The Morgan fingerprint density at radius 3 is 2.08 bits per heavy atom. The molecule has 74 valence electrons. The van der Waals surface area contributed by atoms with Crippen LogP contribution < -0.4 is 0 Å². The summed E-state index contributed by atoms with van der Waals surface area (Å²) in [4.78, 5) is -0.0697. The van der Waals surface area contributed by atoms with Gasteiger partial charge < -0.3 is 0 Å². The molecular formula is C8H20BClIP. The molecule has 4 heteroatoms. The maximum absolute atomic E-state index is 6.19. The van der Waals surface area contributed by atoms with Crippen molar-refractivity contribution in [1.29, 1.82) is 0 Å². The number of rotatable bonds is 4. The van der Waals surface area contributed by atoms with Gasteiger partial charge in [0.1, 0.15) is 0 Å². The number of hydrogen-bond donors (Lipinski definition) is 0. The molecule has 12 heavy (non-hydrogen) atoms. The van der Waals surface area contributed by atoms with Gasteiger partial charge in [-0.05, 0) is 25.7 Å².